The lowest BCUT2D eigenvalue weighted by Crippen LogP contribution is -2.43. The summed E-state index contributed by atoms with van der Waals surface area (Å²) in [6.45, 7) is 2.87. The second-order valence-electron chi connectivity index (χ2n) is 3.76. The molecule has 1 heterocycles. The number of piperidine rings is 1. The Labute approximate surface area is 88.8 Å². The van der Waals surface area contributed by atoms with Crippen molar-refractivity contribution in [3.8, 4) is 0 Å². The van der Waals surface area contributed by atoms with E-state index in [1.54, 1.807) is 11.8 Å². The Balaban J connectivity index is 2.33. The van der Waals surface area contributed by atoms with E-state index in [1.807, 2.05) is 0 Å². The average Bonchev–Trinajstić information content (AvgIpc) is 2.26. The first-order valence-corrected chi connectivity index (χ1v) is 5.10. The third-order valence-electron chi connectivity index (χ3n) is 2.76. The highest BCUT2D eigenvalue weighted by molar-refractivity contribution is 5.81. The minimum atomic E-state index is -0.0795. The van der Waals surface area contributed by atoms with Gasteiger partial charge in [-0.15, -0.1) is 0 Å². The lowest BCUT2D eigenvalue weighted by molar-refractivity contribution is -0.134. The van der Waals surface area contributed by atoms with Crippen LogP contribution in [-0.4, -0.2) is 42.6 Å². The minimum absolute atomic E-state index is 0.0498. The zero-order valence-electron chi connectivity index (χ0n) is 8.86. The maximum Gasteiger partial charge on any atom is 0.241 e. The van der Waals surface area contributed by atoms with Crippen LogP contribution in [0.3, 0.4) is 0 Å². The molecule has 1 aliphatic rings. The summed E-state index contributed by atoms with van der Waals surface area (Å²) in [5.74, 6) is 0.227. The third kappa shape index (κ3) is 3.34. The van der Waals surface area contributed by atoms with E-state index >= 15 is 0 Å². The summed E-state index contributed by atoms with van der Waals surface area (Å²) < 4.78 is 0. The molecule has 1 fully saturated rings. The molecule has 0 unspecified atom stereocenters. The topological polar surface area (TPSA) is 66.5 Å². The smallest absolute Gasteiger partial charge is 0.241 e. The van der Waals surface area contributed by atoms with E-state index in [0.717, 1.165) is 12.8 Å². The molecule has 84 valence electrons. The van der Waals surface area contributed by atoms with E-state index in [2.05, 4.69) is 5.32 Å². The number of carbonyl (C=O) groups excluding carboxylic acids is 3. The molecule has 1 saturated heterocycles. The molecule has 5 heteroatoms. The fourth-order valence-corrected chi connectivity index (χ4v) is 1.78. The molecular weight excluding hydrogens is 196 g/mol. The van der Waals surface area contributed by atoms with Crippen LogP contribution in [0.2, 0.25) is 0 Å². The highest BCUT2D eigenvalue weighted by atomic mass is 16.2. The van der Waals surface area contributed by atoms with Crippen LogP contribution in [0.5, 0.6) is 0 Å². The van der Waals surface area contributed by atoms with Crippen LogP contribution < -0.4 is 5.32 Å². The number of amides is 2. The normalized spacial score (nSPS) is 17.3. The van der Waals surface area contributed by atoms with Gasteiger partial charge in [-0.1, -0.05) is 0 Å². The molecule has 0 spiro atoms. The molecule has 0 aliphatic carbocycles. The second kappa shape index (κ2) is 5.48. The van der Waals surface area contributed by atoms with E-state index in [-0.39, 0.29) is 24.2 Å². The maximum absolute atomic E-state index is 11.5. The molecule has 1 rings (SSSR count). The van der Waals surface area contributed by atoms with Gasteiger partial charge in [0.2, 0.25) is 12.3 Å². The van der Waals surface area contributed by atoms with Gasteiger partial charge in [-0.2, -0.15) is 0 Å². The Bertz CT molecular complexity index is 257. The van der Waals surface area contributed by atoms with E-state index < -0.39 is 0 Å². The SMILES string of the molecule is CC(=O)C1CCN(C(=O)CNC=O)CC1. The van der Waals surface area contributed by atoms with Crippen molar-refractivity contribution in [3.63, 3.8) is 0 Å². The Kier molecular flexibility index (Phi) is 4.27. The van der Waals surface area contributed by atoms with Crippen molar-refractivity contribution < 1.29 is 14.4 Å². The monoisotopic (exact) mass is 212 g/mol. The van der Waals surface area contributed by atoms with Crippen molar-refractivity contribution in [1.29, 1.82) is 0 Å². The molecule has 1 aliphatic heterocycles. The number of hydrogen-bond donors (Lipinski definition) is 1. The predicted octanol–water partition coefficient (Wildman–Crippen LogP) is -0.440. The molecule has 0 atom stereocenters. The Morgan fingerprint density at radius 2 is 2.00 bits per heavy atom. The number of hydrogen-bond acceptors (Lipinski definition) is 3. The van der Waals surface area contributed by atoms with E-state index in [9.17, 15) is 14.4 Å². The highest BCUT2D eigenvalue weighted by Crippen LogP contribution is 2.17. The number of ketones is 1. The molecular formula is C10H16N2O3. The van der Waals surface area contributed by atoms with E-state index in [4.69, 9.17) is 0 Å². The van der Waals surface area contributed by atoms with Crippen LogP contribution in [0.1, 0.15) is 19.8 Å². The zero-order valence-corrected chi connectivity index (χ0v) is 8.86. The van der Waals surface area contributed by atoms with Gasteiger partial charge < -0.3 is 10.2 Å². The number of likely N-dealkylation sites (tertiary alicyclic amines) is 1. The van der Waals surface area contributed by atoms with Gasteiger partial charge in [0, 0.05) is 19.0 Å². The summed E-state index contributed by atoms with van der Waals surface area (Å²) in [5.41, 5.74) is 0. The lowest BCUT2D eigenvalue weighted by atomic mass is 9.93. The summed E-state index contributed by atoms with van der Waals surface area (Å²) in [6, 6.07) is 0. The first kappa shape index (κ1) is 11.7. The van der Waals surface area contributed by atoms with Gasteiger partial charge in [0.1, 0.15) is 5.78 Å². The fourth-order valence-electron chi connectivity index (χ4n) is 1.78. The van der Waals surface area contributed by atoms with Gasteiger partial charge in [0.25, 0.3) is 0 Å². The summed E-state index contributed by atoms with van der Waals surface area (Å²) in [7, 11) is 0. The fraction of sp³-hybridized carbons (Fsp3) is 0.700. The van der Waals surface area contributed by atoms with Crippen LogP contribution >= 0.6 is 0 Å². The molecule has 5 nitrogen and oxygen atoms in total. The zero-order chi connectivity index (χ0) is 11.3. The van der Waals surface area contributed by atoms with Gasteiger partial charge >= 0.3 is 0 Å². The van der Waals surface area contributed by atoms with Gasteiger partial charge in [-0.05, 0) is 19.8 Å². The van der Waals surface area contributed by atoms with Gasteiger partial charge in [-0.3, -0.25) is 14.4 Å². The molecule has 0 bridgehead atoms. The number of Topliss-reactive ketones (excluding diaryl/α,β-unsaturated/α-hetero) is 1. The number of nitrogens with zero attached hydrogens (tertiary/aromatic N) is 1. The van der Waals surface area contributed by atoms with Crippen molar-refractivity contribution in [2.75, 3.05) is 19.6 Å². The summed E-state index contributed by atoms with van der Waals surface area (Å²) in [4.78, 5) is 34.2. The quantitative estimate of drug-likeness (QED) is 0.642. The van der Waals surface area contributed by atoms with Crippen molar-refractivity contribution in [1.82, 2.24) is 10.2 Å². The van der Waals surface area contributed by atoms with Crippen LogP contribution in [0, 0.1) is 5.92 Å². The number of rotatable bonds is 4. The maximum atomic E-state index is 11.5. The Morgan fingerprint density at radius 3 is 2.47 bits per heavy atom. The molecule has 0 radical (unpaired) electrons. The van der Waals surface area contributed by atoms with Crippen molar-refractivity contribution in [2.45, 2.75) is 19.8 Å². The van der Waals surface area contributed by atoms with Crippen molar-refractivity contribution in [3.05, 3.63) is 0 Å². The van der Waals surface area contributed by atoms with Gasteiger partial charge in [-0.25, -0.2) is 0 Å². The van der Waals surface area contributed by atoms with Crippen LogP contribution in [-0.2, 0) is 14.4 Å². The summed E-state index contributed by atoms with van der Waals surface area (Å²) >= 11 is 0. The van der Waals surface area contributed by atoms with Crippen LogP contribution in [0.15, 0.2) is 0 Å². The van der Waals surface area contributed by atoms with Crippen LogP contribution in [0.25, 0.3) is 0 Å². The third-order valence-corrected chi connectivity index (χ3v) is 2.76. The molecule has 1 N–H and O–H groups in total. The Hall–Kier alpha value is -1.39. The standard InChI is InChI=1S/C10H16N2O3/c1-8(14)9-2-4-12(5-3-9)10(15)6-11-7-13/h7,9H,2-6H2,1H3,(H,11,13). The minimum Gasteiger partial charge on any atom is -0.350 e. The second-order valence-corrected chi connectivity index (χ2v) is 3.76. The first-order valence-electron chi connectivity index (χ1n) is 5.10. The molecule has 0 saturated carbocycles. The largest absolute Gasteiger partial charge is 0.350 e. The van der Waals surface area contributed by atoms with E-state index in [0.29, 0.717) is 19.5 Å². The average molecular weight is 212 g/mol. The first-order chi connectivity index (χ1) is 7.15. The lowest BCUT2D eigenvalue weighted by Gasteiger charge is -2.30. The molecule has 15 heavy (non-hydrogen) atoms. The molecule has 0 aromatic rings. The molecule has 0 aromatic carbocycles. The summed E-state index contributed by atoms with van der Waals surface area (Å²) in [6.07, 6.45) is 1.99. The number of carbonyl (C=O) groups is 3. The number of nitrogens with one attached hydrogen (secondary N) is 1. The summed E-state index contributed by atoms with van der Waals surface area (Å²) in [5, 5.41) is 2.34. The van der Waals surface area contributed by atoms with E-state index in [1.165, 1.54) is 0 Å². The van der Waals surface area contributed by atoms with Crippen molar-refractivity contribution >= 4 is 18.1 Å². The molecule has 2 amide bonds. The Morgan fingerprint density at radius 1 is 1.40 bits per heavy atom. The molecule has 0 aromatic heterocycles. The highest BCUT2D eigenvalue weighted by Gasteiger charge is 2.24. The van der Waals surface area contributed by atoms with Crippen molar-refractivity contribution in [2.24, 2.45) is 5.92 Å². The van der Waals surface area contributed by atoms with Crippen LogP contribution in [0.4, 0.5) is 0 Å². The van der Waals surface area contributed by atoms with Gasteiger partial charge in [0.05, 0.1) is 6.54 Å². The van der Waals surface area contributed by atoms with Gasteiger partial charge in [0.15, 0.2) is 0 Å². The predicted molar refractivity (Wildman–Crippen MR) is 54.1 cm³/mol.